The molecule has 1 aromatic rings. The van der Waals surface area contributed by atoms with Crippen molar-refractivity contribution in [3.8, 4) is 0 Å². The molecule has 0 bridgehead atoms. The summed E-state index contributed by atoms with van der Waals surface area (Å²) in [7, 11) is 0. The number of rotatable bonds is 2. The van der Waals surface area contributed by atoms with Gasteiger partial charge in [0.25, 0.3) is 0 Å². The molecule has 0 saturated heterocycles. The minimum absolute atomic E-state index is 0.395. The minimum Gasteiger partial charge on any atom is -0.325 e. The van der Waals surface area contributed by atoms with Gasteiger partial charge in [-0.15, -0.1) is 0 Å². The molecular formula is C7H12BrN3. The summed E-state index contributed by atoms with van der Waals surface area (Å²) in [6.45, 7) is 4.65. The first kappa shape index (κ1) is 8.74. The zero-order chi connectivity index (χ0) is 8.43. The molecule has 0 amide bonds. The fourth-order valence-corrected chi connectivity index (χ4v) is 1.26. The van der Waals surface area contributed by atoms with E-state index in [1.165, 1.54) is 0 Å². The molecule has 0 radical (unpaired) electrons. The number of hydrogen-bond donors (Lipinski definition) is 1. The minimum atomic E-state index is 0.395. The lowest BCUT2D eigenvalue weighted by molar-refractivity contribution is 0.526. The van der Waals surface area contributed by atoms with E-state index >= 15 is 0 Å². The lowest BCUT2D eigenvalue weighted by atomic mass is 10.4. The van der Waals surface area contributed by atoms with Crippen molar-refractivity contribution in [1.82, 2.24) is 9.78 Å². The third kappa shape index (κ3) is 1.81. The topological polar surface area (TPSA) is 43.8 Å². The second-order valence-electron chi connectivity index (χ2n) is 2.70. The van der Waals surface area contributed by atoms with Crippen LogP contribution in [-0.2, 0) is 6.54 Å². The average molecular weight is 218 g/mol. The van der Waals surface area contributed by atoms with Crippen LogP contribution in [0, 0.1) is 0 Å². The first-order chi connectivity index (χ1) is 5.15. The van der Waals surface area contributed by atoms with Crippen LogP contribution in [0.1, 0.15) is 25.6 Å². The highest BCUT2D eigenvalue weighted by Crippen LogP contribution is 2.16. The molecule has 2 N–H and O–H groups in total. The number of hydrogen-bond acceptors (Lipinski definition) is 2. The standard InChI is InChI=1S/C7H12BrN3/c1-5(2)11-4-6(8)7(3-9)10-11/h4-5H,3,9H2,1-2H3. The molecule has 1 rings (SSSR count). The summed E-state index contributed by atoms with van der Waals surface area (Å²) in [5, 5.41) is 4.27. The van der Waals surface area contributed by atoms with Gasteiger partial charge in [0.2, 0.25) is 0 Å². The molecule has 11 heavy (non-hydrogen) atoms. The maximum atomic E-state index is 5.46. The van der Waals surface area contributed by atoms with Crippen LogP contribution in [0.4, 0.5) is 0 Å². The van der Waals surface area contributed by atoms with Crippen molar-refractivity contribution >= 4 is 15.9 Å². The normalized spacial score (nSPS) is 11.0. The molecule has 0 saturated carbocycles. The van der Waals surface area contributed by atoms with Crippen molar-refractivity contribution in [2.24, 2.45) is 5.73 Å². The van der Waals surface area contributed by atoms with E-state index in [1.807, 2.05) is 10.9 Å². The number of halogens is 1. The lowest BCUT2D eigenvalue weighted by Gasteiger charge is -2.02. The highest BCUT2D eigenvalue weighted by molar-refractivity contribution is 9.10. The molecule has 0 unspecified atom stereocenters. The Balaban J connectivity index is 2.95. The van der Waals surface area contributed by atoms with Crippen molar-refractivity contribution in [2.45, 2.75) is 26.4 Å². The van der Waals surface area contributed by atoms with Gasteiger partial charge in [0, 0.05) is 18.8 Å². The summed E-state index contributed by atoms with van der Waals surface area (Å²) >= 11 is 3.38. The van der Waals surface area contributed by atoms with Crippen LogP contribution < -0.4 is 5.73 Å². The maximum absolute atomic E-state index is 5.46. The summed E-state index contributed by atoms with van der Waals surface area (Å²) < 4.78 is 2.89. The van der Waals surface area contributed by atoms with Crippen molar-refractivity contribution < 1.29 is 0 Å². The number of aromatic nitrogens is 2. The fraction of sp³-hybridized carbons (Fsp3) is 0.571. The third-order valence-electron chi connectivity index (χ3n) is 1.48. The van der Waals surface area contributed by atoms with Gasteiger partial charge in [-0.05, 0) is 29.8 Å². The van der Waals surface area contributed by atoms with Crippen molar-refractivity contribution in [3.05, 3.63) is 16.4 Å². The maximum Gasteiger partial charge on any atom is 0.0902 e. The van der Waals surface area contributed by atoms with Crippen LogP contribution in [-0.4, -0.2) is 9.78 Å². The predicted octanol–water partition coefficient (Wildman–Crippen LogP) is 1.69. The smallest absolute Gasteiger partial charge is 0.0902 e. The van der Waals surface area contributed by atoms with Gasteiger partial charge in [-0.3, -0.25) is 4.68 Å². The van der Waals surface area contributed by atoms with E-state index in [1.54, 1.807) is 0 Å². The highest BCUT2D eigenvalue weighted by Gasteiger charge is 2.05. The molecular weight excluding hydrogens is 206 g/mol. The molecule has 0 aliphatic heterocycles. The van der Waals surface area contributed by atoms with Crippen molar-refractivity contribution in [2.75, 3.05) is 0 Å². The van der Waals surface area contributed by atoms with Gasteiger partial charge in [0.1, 0.15) is 0 Å². The molecule has 0 aromatic carbocycles. The Kier molecular flexibility index (Phi) is 2.67. The molecule has 0 aliphatic carbocycles. The van der Waals surface area contributed by atoms with Gasteiger partial charge >= 0.3 is 0 Å². The largest absolute Gasteiger partial charge is 0.325 e. The Morgan fingerprint density at radius 3 is 2.64 bits per heavy atom. The Bertz CT molecular complexity index is 242. The monoisotopic (exact) mass is 217 g/mol. The predicted molar refractivity (Wildman–Crippen MR) is 48.2 cm³/mol. The average Bonchev–Trinajstić information content (AvgIpc) is 2.31. The van der Waals surface area contributed by atoms with Gasteiger partial charge in [-0.1, -0.05) is 0 Å². The second-order valence-corrected chi connectivity index (χ2v) is 3.56. The lowest BCUT2D eigenvalue weighted by Crippen LogP contribution is -2.03. The molecule has 62 valence electrons. The second kappa shape index (κ2) is 3.36. The van der Waals surface area contributed by atoms with Crippen LogP contribution in [0.5, 0.6) is 0 Å². The van der Waals surface area contributed by atoms with Gasteiger partial charge in [-0.2, -0.15) is 5.10 Å². The van der Waals surface area contributed by atoms with Crippen molar-refractivity contribution in [1.29, 1.82) is 0 Å². The number of nitrogens with zero attached hydrogens (tertiary/aromatic N) is 2. The Labute approximate surface area is 74.7 Å². The Morgan fingerprint density at radius 1 is 1.73 bits per heavy atom. The summed E-state index contributed by atoms with van der Waals surface area (Å²) in [6, 6.07) is 0.395. The third-order valence-corrected chi connectivity index (χ3v) is 2.14. The SMILES string of the molecule is CC(C)n1cc(Br)c(CN)n1. The van der Waals surface area contributed by atoms with Crippen LogP contribution in [0.3, 0.4) is 0 Å². The van der Waals surface area contributed by atoms with Crippen molar-refractivity contribution in [3.63, 3.8) is 0 Å². The van der Waals surface area contributed by atoms with E-state index in [4.69, 9.17) is 5.73 Å². The first-order valence-electron chi connectivity index (χ1n) is 3.58. The van der Waals surface area contributed by atoms with Crippen LogP contribution in [0.25, 0.3) is 0 Å². The number of nitrogens with two attached hydrogens (primary N) is 1. The fourth-order valence-electron chi connectivity index (χ4n) is 0.810. The molecule has 0 spiro atoms. The summed E-state index contributed by atoms with van der Waals surface area (Å²) in [6.07, 6.45) is 1.95. The molecule has 3 nitrogen and oxygen atoms in total. The van der Waals surface area contributed by atoms with Crippen LogP contribution in [0.2, 0.25) is 0 Å². The molecule has 4 heteroatoms. The molecule has 1 heterocycles. The summed E-state index contributed by atoms with van der Waals surface area (Å²) in [5.74, 6) is 0. The van der Waals surface area contributed by atoms with E-state index in [0.717, 1.165) is 10.2 Å². The van der Waals surface area contributed by atoms with Gasteiger partial charge in [-0.25, -0.2) is 0 Å². The molecule has 1 aromatic heterocycles. The van der Waals surface area contributed by atoms with Crippen LogP contribution >= 0.6 is 15.9 Å². The quantitative estimate of drug-likeness (QED) is 0.820. The first-order valence-corrected chi connectivity index (χ1v) is 4.38. The summed E-state index contributed by atoms with van der Waals surface area (Å²) in [5.41, 5.74) is 6.37. The molecule has 0 atom stereocenters. The summed E-state index contributed by atoms with van der Waals surface area (Å²) in [4.78, 5) is 0. The van der Waals surface area contributed by atoms with E-state index in [9.17, 15) is 0 Å². The van der Waals surface area contributed by atoms with Crippen LogP contribution in [0.15, 0.2) is 10.7 Å². The molecule has 0 fully saturated rings. The van der Waals surface area contributed by atoms with Gasteiger partial charge in [0.05, 0.1) is 10.2 Å². The van der Waals surface area contributed by atoms with E-state index in [-0.39, 0.29) is 0 Å². The zero-order valence-electron chi connectivity index (χ0n) is 6.71. The van der Waals surface area contributed by atoms with Gasteiger partial charge in [0.15, 0.2) is 0 Å². The highest BCUT2D eigenvalue weighted by atomic mass is 79.9. The van der Waals surface area contributed by atoms with E-state index in [0.29, 0.717) is 12.6 Å². The molecule has 0 aliphatic rings. The van der Waals surface area contributed by atoms with E-state index < -0.39 is 0 Å². The Hall–Kier alpha value is -0.350. The van der Waals surface area contributed by atoms with Gasteiger partial charge < -0.3 is 5.73 Å². The van der Waals surface area contributed by atoms with E-state index in [2.05, 4.69) is 34.9 Å². The zero-order valence-corrected chi connectivity index (χ0v) is 8.30. The Morgan fingerprint density at radius 2 is 2.36 bits per heavy atom.